The van der Waals surface area contributed by atoms with Crippen molar-refractivity contribution in [2.75, 3.05) is 14.2 Å². The van der Waals surface area contributed by atoms with Crippen LogP contribution in [0.1, 0.15) is 17.4 Å². The minimum atomic E-state index is -0.179. The van der Waals surface area contributed by atoms with Gasteiger partial charge in [0.1, 0.15) is 5.75 Å². The van der Waals surface area contributed by atoms with Crippen molar-refractivity contribution in [2.45, 2.75) is 26.1 Å². The highest BCUT2D eigenvalue weighted by Gasteiger charge is 2.17. The summed E-state index contributed by atoms with van der Waals surface area (Å²) < 4.78 is 5.15. The van der Waals surface area contributed by atoms with Gasteiger partial charge in [0.05, 0.1) is 19.7 Å². The smallest absolute Gasteiger partial charge is 0.237 e. The monoisotopic (exact) mass is 318 g/mol. The molecule has 0 bridgehead atoms. The van der Waals surface area contributed by atoms with E-state index in [1.165, 1.54) is 4.88 Å². The summed E-state index contributed by atoms with van der Waals surface area (Å²) in [6, 6.07) is 11.7. The highest BCUT2D eigenvalue weighted by atomic mass is 32.1. The molecule has 1 amide bonds. The number of hydrogen-bond acceptors (Lipinski definition) is 4. The summed E-state index contributed by atoms with van der Waals surface area (Å²) in [5, 5.41) is 4.99. The van der Waals surface area contributed by atoms with E-state index in [1.807, 2.05) is 60.6 Å². The van der Waals surface area contributed by atoms with E-state index in [2.05, 4.69) is 5.32 Å². The number of nitrogens with zero attached hydrogens (tertiary/aromatic N) is 1. The summed E-state index contributed by atoms with van der Waals surface area (Å²) in [6.45, 7) is 3.24. The number of rotatable bonds is 7. The van der Waals surface area contributed by atoms with E-state index in [-0.39, 0.29) is 11.9 Å². The third kappa shape index (κ3) is 4.58. The van der Waals surface area contributed by atoms with Crippen LogP contribution in [0.4, 0.5) is 0 Å². The molecule has 1 heterocycles. The second-order valence-corrected chi connectivity index (χ2v) is 6.27. The maximum Gasteiger partial charge on any atom is 0.237 e. The zero-order valence-corrected chi connectivity index (χ0v) is 14.0. The molecule has 1 atom stereocenters. The number of carbonyl (C=O) groups excluding carboxylic acids is 1. The molecule has 0 radical (unpaired) electrons. The van der Waals surface area contributed by atoms with Gasteiger partial charge >= 0.3 is 0 Å². The lowest BCUT2D eigenvalue weighted by Crippen LogP contribution is -2.42. The lowest BCUT2D eigenvalue weighted by molar-refractivity contribution is -0.125. The predicted molar refractivity (Wildman–Crippen MR) is 90.1 cm³/mol. The van der Waals surface area contributed by atoms with E-state index in [1.54, 1.807) is 18.4 Å². The van der Waals surface area contributed by atoms with Crippen molar-refractivity contribution in [3.05, 3.63) is 52.2 Å². The van der Waals surface area contributed by atoms with E-state index in [4.69, 9.17) is 4.74 Å². The Bertz CT molecular complexity index is 581. The van der Waals surface area contributed by atoms with Gasteiger partial charge in [-0.3, -0.25) is 9.69 Å². The summed E-state index contributed by atoms with van der Waals surface area (Å²) in [5.74, 6) is 0.887. The van der Waals surface area contributed by atoms with Crippen LogP contribution in [-0.4, -0.2) is 31.0 Å². The number of carbonyl (C=O) groups is 1. The van der Waals surface area contributed by atoms with Gasteiger partial charge in [0.15, 0.2) is 0 Å². The molecular formula is C17H22N2O2S. The fraction of sp³-hybridized carbons (Fsp3) is 0.353. The zero-order chi connectivity index (χ0) is 15.9. The van der Waals surface area contributed by atoms with Crippen LogP contribution in [0.15, 0.2) is 41.8 Å². The van der Waals surface area contributed by atoms with Crippen molar-refractivity contribution in [1.29, 1.82) is 0 Å². The quantitative estimate of drug-likeness (QED) is 0.853. The highest BCUT2D eigenvalue weighted by Crippen LogP contribution is 2.14. The summed E-state index contributed by atoms with van der Waals surface area (Å²) in [7, 11) is 3.61. The number of hydrogen-bond donors (Lipinski definition) is 1. The molecule has 22 heavy (non-hydrogen) atoms. The first kappa shape index (κ1) is 16.5. The standard InChI is InChI=1S/C17H22N2O2S/c1-13(17(20)18-11-16-5-4-10-22-16)19(2)12-14-6-8-15(21-3)9-7-14/h4-10,13H,11-12H2,1-3H3,(H,18,20). The number of nitrogens with one attached hydrogen (secondary N) is 1. The Morgan fingerprint density at radius 3 is 2.64 bits per heavy atom. The van der Waals surface area contributed by atoms with Crippen molar-refractivity contribution in [3.63, 3.8) is 0 Å². The Balaban J connectivity index is 1.84. The average molecular weight is 318 g/mol. The van der Waals surface area contributed by atoms with Crippen LogP contribution in [0.5, 0.6) is 5.75 Å². The SMILES string of the molecule is COc1ccc(CN(C)C(C)C(=O)NCc2cccs2)cc1. The zero-order valence-electron chi connectivity index (χ0n) is 13.2. The van der Waals surface area contributed by atoms with Gasteiger partial charge in [0.25, 0.3) is 0 Å². The molecule has 0 spiro atoms. The van der Waals surface area contributed by atoms with Gasteiger partial charge in [-0.15, -0.1) is 11.3 Å². The molecule has 2 rings (SSSR count). The van der Waals surface area contributed by atoms with Crippen LogP contribution < -0.4 is 10.1 Å². The predicted octanol–water partition coefficient (Wildman–Crippen LogP) is 2.89. The van der Waals surface area contributed by atoms with Gasteiger partial charge in [0.2, 0.25) is 5.91 Å². The molecule has 5 heteroatoms. The molecule has 0 saturated heterocycles. The van der Waals surface area contributed by atoms with Gasteiger partial charge in [-0.25, -0.2) is 0 Å². The van der Waals surface area contributed by atoms with E-state index < -0.39 is 0 Å². The minimum Gasteiger partial charge on any atom is -0.497 e. The lowest BCUT2D eigenvalue weighted by atomic mass is 10.2. The third-order valence-corrected chi connectivity index (χ3v) is 4.52. The number of methoxy groups -OCH3 is 1. The first-order chi connectivity index (χ1) is 10.6. The Labute approximate surface area is 135 Å². The Morgan fingerprint density at radius 2 is 2.05 bits per heavy atom. The molecule has 0 aliphatic carbocycles. The third-order valence-electron chi connectivity index (χ3n) is 3.65. The van der Waals surface area contributed by atoms with Gasteiger partial charge < -0.3 is 10.1 Å². The molecule has 0 fully saturated rings. The summed E-state index contributed by atoms with van der Waals surface area (Å²) in [4.78, 5) is 15.4. The van der Waals surface area contributed by atoms with Crippen LogP contribution in [-0.2, 0) is 17.9 Å². The van der Waals surface area contributed by atoms with Crippen LogP contribution in [0.3, 0.4) is 0 Å². The normalized spacial score (nSPS) is 12.2. The molecule has 1 N–H and O–H groups in total. The van der Waals surface area contributed by atoms with Crippen LogP contribution in [0.2, 0.25) is 0 Å². The van der Waals surface area contributed by atoms with Crippen molar-refractivity contribution in [1.82, 2.24) is 10.2 Å². The van der Waals surface area contributed by atoms with E-state index >= 15 is 0 Å². The molecule has 4 nitrogen and oxygen atoms in total. The molecular weight excluding hydrogens is 296 g/mol. The molecule has 1 aromatic heterocycles. The first-order valence-corrected chi connectivity index (χ1v) is 8.11. The van der Waals surface area contributed by atoms with E-state index in [0.717, 1.165) is 17.9 Å². The Morgan fingerprint density at radius 1 is 1.32 bits per heavy atom. The molecule has 0 aliphatic rings. The molecule has 2 aromatic rings. The second kappa shape index (κ2) is 7.96. The molecule has 0 aliphatic heterocycles. The summed E-state index contributed by atoms with van der Waals surface area (Å²) in [6.07, 6.45) is 0. The number of amides is 1. The maximum absolute atomic E-state index is 12.2. The molecule has 1 unspecified atom stereocenters. The molecule has 0 saturated carbocycles. The van der Waals surface area contributed by atoms with Crippen molar-refractivity contribution < 1.29 is 9.53 Å². The van der Waals surface area contributed by atoms with Crippen molar-refractivity contribution >= 4 is 17.2 Å². The van der Waals surface area contributed by atoms with Gasteiger partial charge in [-0.2, -0.15) is 0 Å². The van der Waals surface area contributed by atoms with Crippen LogP contribution >= 0.6 is 11.3 Å². The van der Waals surface area contributed by atoms with E-state index in [9.17, 15) is 4.79 Å². The number of thiophene rings is 1. The topological polar surface area (TPSA) is 41.6 Å². The largest absolute Gasteiger partial charge is 0.497 e. The average Bonchev–Trinajstić information content (AvgIpc) is 3.06. The molecule has 1 aromatic carbocycles. The second-order valence-electron chi connectivity index (χ2n) is 5.24. The van der Waals surface area contributed by atoms with Crippen molar-refractivity contribution in [2.24, 2.45) is 0 Å². The number of benzene rings is 1. The van der Waals surface area contributed by atoms with Gasteiger partial charge in [-0.05, 0) is 43.1 Å². The lowest BCUT2D eigenvalue weighted by Gasteiger charge is -2.24. The van der Waals surface area contributed by atoms with Gasteiger partial charge in [0, 0.05) is 11.4 Å². The molecule has 118 valence electrons. The van der Waals surface area contributed by atoms with E-state index in [0.29, 0.717) is 6.54 Å². The van der Waals surface area contributed by atoms with Crippen LogP contribution in [0, 0.1) is 0 Å². The summed E-state index contributed by atoms with van der Waals surface area (Å²) >= 11 is 1.65. The fourth-order valence-corrected chi connectivity index (χ4v) is 2.74. The fourth-order valence-electron chi connectivity index (χ4n) is 2.09. The van der Waals surface area contributed by atoms with Crippen LogP contribution in [0.25, 0.3) is 0 Å². The van der Waals surface area contributed by atoms with Crippen molar-refractivity contribution in [3.8, 4) is 5.75 Å². The Kier molecular flexibility index (Phi) is 5.98. The first-order valence-electron chi connectivity index (χ1n) is 7.23. The number of ether oxygens (including phenoxy) is 1. The minimum absolute atomic E-state index is 0.0458. The number of likely N-dealkylation sites (N-methyl/N-ethyl adjacent to an activating group) is 1. The highest BCUT2D eigenvalue weighted by molar-refractivity contribution is 7.09. The maximum atomic E-state index is 12.2. The van der Waals surface area contributed by atoms with Gasteiger partial charge in [-0.1, -0.05) is 18.2 Å². The Hall–Kier alpha value is -1.85. The summed E-state index contributed by atoms with van der Waals surface area (Å²) in [5.41, 5.74) is 1.15.